The number of benzene rings is 3. The molecule has 1 aromatic heterocycles. The van der Waals surface area contributed by atoms with Crippen LogP contribution in [0.1, 0.15) is 11.4 Å². The molecule has 4 aromatic rings. The first-order chi connectivity index (χ1) is 15.2. The highest BCUT2D eigenvalue weighted by Crippen LogP contribution is 2.18. The van der Waals surface area contributed by atoms with E-state index >= 15 is 0 Å². The lowest BCUT2D eigenvalue weighted by molar-refractivity contribution is -0.123. The van der Waals surface area contributed by atoms with Gasteiger partial charge in [-0.3, -0.25) is 4.79 Å². The van der Waals surface area contributed by atoms with E-state index in [9.17, 15) is 4.79 Å². The minimum absolute atomic E-state index is 0.0357. The molecule has 0 atom stereocenters. The van der Waals surface area contributed by atoms with Gasteiger partial charge in [-0.05, 0) is 48.4 Å². The largest absolute Gasteiger partial charge is 0.484 e. The predicted octanol–water partition coefficient (Wildman–Crippen LogP) is 4.67. The summed E-state index contributed by atoms with van der Waals surface area (Å²) >= 11 is 5.86. The number of halogens is 1. The summed E-state index contributed by atoms with van der Waals surface area (Å²) in [6, 6.07) is 25.5. The van der Waals surface area contributed by atoms with E-state index in [4.69, 9.17) is 21.3 Å². The molecule has 0 aliphatic carbocycles. The number of para-hydroxylation sites is 2. The fourth-order valence-corrected chi connectivity index (χ4v) is 3.62. The van der Waals surface area contributed by atoms with E-state index in [0.717, 1.165) is 29.8 Å². The number of nitrogens with one attached hydrogen (secondary N) is 1. The van der Waals surface area contributed by atoms with Crippen molar-refractivity contribution in [3.05, 3.63) is 95.3 Å². The first-order valence-corrected chi connectivity index (χ1v) is 10.7. The Morgan fingerprint density at radius 2 is 1.68 bits per heavy atom. The normalized spacial score (nSPS) is 10.9. The molecule has 1 heterocycles. The molecular weight excluding hydrogens is 410 g/mol. The third-order valence-corrected chi connectivity index (χ3v) is 5.31. The zero-order valence-electron chi connectivity index (χ0n) is 17.1. The number of nitrogens with zero attached hydrogens (tertiary/aromatic N) is 2. The first-order valence-electron chi connectivity index (χ1n) is 10.3. The molecule has 31 heavy (non-hydrogen) atoms. The maximum Gasteiger partial charge on any atom is 0.257 e. The molecule has 0 fully saturated rings. The second-order valence-corrected chi connectivity index (χ2v) is 7.68. The monoisotopic (exact) mass is 433 g/mol. The standard InChI is InChI=1S/C25H24ClN3O2/c26-20-10-12-21(13-11-20)31-18-25(30)27-16-14-24-28-22-8-4-5-9-23(22)29(24)17-15-19-6-2-1-3-7-19/h1-13H,14-18H2,(H,27,30). The van der Waals surface area contributed by atoms with E-state index in [1.807, 2.05) is 24.3 Å². The highest BCUT2D eigenvalue weighted by atomic mass is 35.5. The average Bonchev–Trinajstić information content (AvgIpc) is 3.15. The second kappa shape index (κ2) is 10.1. The second-order valence-electron chi connectivity index (χ2n) is 7.25. The molecule has 158 valence electrons. The van der Waals surface area contributed by atoms with Crippen molar-refractivity contribution in [2.24, 2.45) is 0 Å². The van der Waals surface area contributed by atoms with Gasteiger partial charge < -0.3 is 14.6 Å². The van der Waals surface area contributed by atoms with Crippen LogP contribution in [0.25, 0.3) is 11.0 Å². The van der Waals surface area contributed by atoms with Gasteiger partial charge in [-0.15, -0.1) is 0 Å². The molecule has 1 N–H and O–H groups in total. The first kappa shape index (κ1) is 20.9. The van der Waals surface area contributed by atoms with Crippen molar-refractivity contribution in [3.63, 3.8) is 0 Å². The van der Waals surface area contributed by atoms with Gasteiger partial charge in [0, 0.05) is 24.5 Å². The fourth-order valence-electron chi connectivity index (χ4n) is 3.50. The van der Waals surface area contributed by atoms with Gasteiger partial charge in [0.25, 0.3) is 5.91 Å². The number of carbonyl (C=O) groups excluding carboxylic acids is 1. The van der Waals surface area contributed by atoms with Crippen LogP contribution in [-0.2, 0) is 24.2 Å². The minimum Gasteiger partial charge on any atom is -0.484 e. The summed E-state index contributed by atoms with van der Waals surface area (Å²) in [4.78, 5) is 16.9. The molecule has 0 radical (unpaired) electrons. The number of carbonyl (C=O) groups is 1. The van der Waals surface area contributed by atoms with Gasteiger partial charge in [0.05, 0.1) is 11.0 Å². The number of imidazole rings is 1. The maximum absolute atomic E-state index is 12.2. The molecule has 1 amide bonds. The SMILES string of the molecule is O=C(COc1ccc(Cl)cc1)NCCc1nc2ccccc2n1CCc1ccccc1. The van der Waals surface area contributed by atoms with E-state index < -0.39 is 0 Å². The number of amides is 1. The highest BCUT2D eigenvalue weighted by molar-refractivity contribution is 6.30. The van der Waals surface area contributed by atoms with Gasteiger partial charge in [-0.25, -0.2) is 4.98 Å². The van der Waals surface area contributed by atoms with Gasteiger partial charge in [-0.2, -0.15) is 0 Å². The summed E-state index contributed by atoms with van der Waals surface area (Å²) in [6.45, 7) is 1.30. The summed E-state index contributed by atoms with van der Waals surface area (Å²) in [5, 5.41) is 3.55. The quantitative estimate of drug-likeness (QED) is 0.417. The number of hydrogen-bond acceptors (Lipinski definition) is 3. The molecule has 0 bridgehead atoms. The average molecular weight is 434 g/mol. The summed E-state index contributed by atoms with van der Waals surface area (Å²) in [5.41, 5.74) is 3.38. The van der Waals surface area contributed by atoms with Crippen molar-refractivity contribution in [2.45, 2.75) is 19.4 Å². The molecule has 0 spiro atoms. The van der Waals surface area contributed by atoms with Crippen molar-refractivity contribution < 1.29 is 9.53 Å². The van der Waals surface area contributed by atoms with Crippen LogP contribution in [0, 0.1) is 0 Å². The Labute approximate surface area is 186 Å². The van der Waals surface area contributed by atoms with Crippen LogP contribution in [0.2, 0.25) is 5.02 Å². The molecule has 0 saturated heterocycles. The van der Waals surface area contributed by atoms with Crippen molar-refractivity contribution in [1.29, 1.82) is 0 Å². The Bertz CT molecular complexity index is 1140. The highest BCUT2D eigenvalue weighted by Gasteiger charge is 2.11. The Morgan fingerprint density at radius 3 is 2.48 bits per heavy atom. The Hall–Kier alpha value is -3.31. The molecule has 0 aliphatic heterocycles. The number of fused-ring (bicyclic) bond motifs is 1. The van der Waals surface area contributed by atoms with Gasteiger partial charge in [-0.1, -0.05) is 54.1 Å². The Balaban J connectivity index is 1.35. The lowest BCUT2D eigenvalue weighted by atomic mass is 10.1. The zero-order valence-corrected chi connectivity index (χ0v) is 17.9. The molecule has 0 unspecified atom stereocenters. The van der Waals surface area contributed by atoms with Gasteiger partial charge >= 0.3 is 0 Å². The van der Waals surface area contributed by atoms with Crippen LogP contribution in [0.4, 0.5) is 0 Å². The molecule has 5 nitrogen and oxygen atoms in total. The maximum atomic E-state index is 12.2. The molecule has 0 saturated carbocycles. The van der Waals surface area contributed by atoms with Crippen LogP contribution in [-0.4, -0.2) is 28.6 Å². The van der Waals surface area contributed by atoms with Crippen molar-refractivity contribution in [3.8, 4) is 5.75 Å². The van der Waals surface area contributed by atoms with E-state index in [1.54, 1.807) is 24.3 Å². The summed E-state index contributed by atoms with van der Waals surface area (Å²) in [5.74, 6) is 1.42. The topological polar surface area (TPSA) is 56.1 Å². The van der Waals surface area contributed by atoms with Crippen LogP contribution in [0.5, 0.6) is 5.75 Å². The third-order valence-electron chi connectivity index (χ3n) is 5.05. The van der Waals surface area contributed by atoms with Gasteiger partial charge in [0.1, 0.15) is 11.6 Å². The van der Waals surface area contributed by atoms with Gasteiger partial charge in [0.2, 0.25) is 0 Å². The predicted molar refractivity (Wildman–Crippen MR) is 124 cm³/mol. The van der Waals surface area contributed by atoms with Crippen LogP contribution < -0.4 is 10.1 Å². The van der Waals surface area contributed by atoms with Crippen LogP contribution in [0.15, 0.2) is 78.9 Å². The molecule has 3 aromatic carbocycles. The number of aromatic nitrogens is 2. The molecule has 0 aliphatic rings. The lowest BCUT2D eigenvalue weighted by Crippen LogP contribution is -2.31. The van der Waals surface area contributed by atoms with E-state index in [0.29, 0.717) is 23.7 Å². The van der Waals surface area contributed by atoms with E-state index in [1.165, 1.54) is 5.56 Å². The number of rotatable bonds is 9. The molecule has 6 heteroatoms. The zero-order chi connectivity index (χ0) is 21.5. The van der Waals surface area contributed by atoms with E-state index in [2.05, 4.69) is 40.2 Å². The third kappa shape index (κ3) is 5.64. The van der Waals surface area contributed by atoms with Crippen LogP contribution in [0.3, 0.4) is 0 Å². The summed E-state index contributed by atoms with van der Waals surface area (Å²) < 4.78 is 7.74. The van der Waals surface area contributed by atoms with Gasteiger partial charge in [0.15, 0.2) is 6.61 Å². The lowest BCUT2D eigenvalue weighted by Gasteiger charge is -2.11. The molecule has 4 rings (SSSR count). The Kier molecular flexibility index (Phi) is 6.85. The number of ether oxygens (including phenoxy) is 1. The minimum atomic E-state index is -0.165. The molecular formula is C25H24ClN3O2. The van der Waals surface area contributed by atoms with Crippen molar-refractivity contribution in [1.82, 2.24) is 14.9 Å². The summed E-state index contributed by atoms with van der Waals surface area (Å²) in [6.07, 6.45) is 1.58. The van der Waals surface area contributed by atoms with Crippen molar-refractivity contribution >= 4 is 28.5 Å². The number of aryl methyl sites for hydroxylation is 2. The van der Waals surface area contributed by atoms with Crippen LogP contribution >= 0.6 is 11.6 Å². The smallest absolute Gasteiger partial charge is 0.257 e. The van der Waals surface area contributed by atoms with Crippen molar-refractivity contribution in [2.75, 3.05) is 13.2 Å². The van der Waals surface area contributed by atoms with E-state index in [-0.39, 0.29) is 12.5 Å². The number of hydrogen-bond donors (Lipinski definition) is 1. The summed E-state index contributed by atoms with van der Waals surface area (Å²) in [7, 11) is 0. The Morgan fingerprint density at radius 1 is 0.935 bits per heavy atom. The fraction of sp³-hybridized carbons (Fsp3) is 0.200.